The van der Waals surface area contributed by atoms with Gasteiger partial charge in [-0.25, -0.2) is 4.39 Å². The molecule has 5 heteroatoms. The molecule has 1 aliphatic carbocycles. The van der Waals surface area contributed by atoms with Crippen molar-refractivity contribution in [1.82, 2.24) is 0 Å². The number of hydrogen-bond acceptors (Lipinski definition) is 1. The predicted octanol–water partition coefficient (Wildman–Crippen LogP) is 2.97. The van der Waals surface area contributed by atoms with Gasteiger partial charge in [0.1, 0.15) is 12.4 Å². The molecule has 1 fully saturated rings. The van der Waals surface area contributed by atoms with Gasteiger partial charge < -0.3 is 10.2 Å². The van der Waals surface area contributed by atoms with Gasteiger partial charge in [-0.2, -0.15) is 0 Å². The van der Waals surface area contributed by atoms with E-state index in [1.165, 1.54) is 17.0 Å². The maximum absolute atomic E-state index is 13.0. The minimum absolute atomic E-state index is 0.0511. The first-order valence-corrected chi connectivity index (χ1v) is 8.54. The molecule has 3 nitrogen and oxygen atoms in total. The van der Waals surface area contributed by atoms with E-state index in [1.807, 2.05) is 25.1 Å². The molecule has 2 aromatic carbocycles. The van der Waals surface area contributed by atoms with Gasteiger partial charge in [0.05, 0.1) is 16.8 Å². The number of quaternary nitrogens is 1. The van der Waals surface area contributed by atoms with Gasteiger partial charge in [-0.3, -0.25) is 4.79 Å². The maximum atomic E-state index is 13.0. The first kappa shape index (κ1) is 16.9. The zero-order chi connectivity index (χ0) is 17.1. The molecule has 2 aromatic rings. The van der Waals surface area contributed by atoms with Crippen molar-refractivity contribution in [2.75, 3.05) is 11.9 Å². The molecule has 0 bridgehead atoms. The summed E-state index contributed by atoms with van der Waals surface area (Å²) >= 11 is 6.17. The summed E-state index contributed by atoms with van der Waals surface area (Å²) in [5, 5.41) is 3.44. The molecule has 0 heterocycles. The Morgan fingerprint density at radius 2 is 1.96 bits per heavy atom. The van der Waals surface area contributed by atoms with Crippen LogP contribution in [0.25, 0.3) is 0 Å². The molecule has 1 amide bonds. The number of carbonyl (C=O) groups excluding carboxylic acids is 1. The summed E-state index contributed by atoms with van der Waals surface area (Å²) in [7, 11) is 0. The number of aryl methyl sites for hydroxylation is 1. The van der Waals surface area contributed by atoms with Crippen LogP contribution in [0.2, 0.25) is 5.02 Å². The van der Waals surface area contributed by atoms with Gasteiger partial charge in [0, 0.05) is 18.4 Å². The second-order valence-corrected chi connectivity index (χ2v) is 6.85. The summed E-state index contributed by atoms with van der Waals surface area (Å²) in [6, 6.07) is 12.6. The van der Waals surface area contributed by atoms with E-state index >= 15 is 0 Å². The highest BCUT2D eigenvalue weighted by Crippen LogP contribution is 2.22. The smallest absolute Gasteiger partial charge is 0.279 e. The van der Waals surface area contributed by atoms with E-state index in [1.54, 1.807) is 12.1 Å². The fourth-order valence-corrected chi connectivity index (χ4v) is 3.11. The Morgan fingerprint density at radius 1 is 1.25 bits per heavy atom. The highest BCUT2D eigenvalue weighted by atomic mass is 35.5. The highest BCUT2D eigenvalue weighted by Gasteiger charge is 2.34. The summed E-state index contributed by atoms with van der Waals surface area (Å²) in [5.41, 5.74) is 2.74. The highest BCUT2D eigenvalue weighted by molar-refractivity contribution is 6.33. The Hall–Kier alpha value is -1.91. The molecule has 0 aromatic heterocycles. The predicted molar refractivity (Wildman–Crippen MR) is 93.8 cm³/mol. The van der Waals surface area contributed by atoms with Crippen molar-refractivity contribution >= 4 is 23.2 Å². The van der Waals surface area contributed by atoms with Crippen molar-refractivity contribution in [3.05, 3.63) is 64.4 Å². The number of benzene rings is 2. The maximum Gasteiger partial charge on any atom is 0.279 e. The van der Waals surface area contributed by atoms with Crippen LogP contribution in [0.15, 0.2) is 42.5 Å². The average Bonchev–Trinajstić information content (AvgIpc) is 3.36. The van der Waals surface area contributed by atoms with Crippen LogP contribution in [0, 0.1) is 12.7 Å². The molecule has 0 spiro atoms. The lowest BCUT2D eigenvalue weighted by atomic mass is 10.2. The zero-order valence-electron chi connectivity index (χ0n) is 13.6. The van der Waals surface area contributed by atoms with Crippen LogP contribution in [0.1, 0.15) is 24.0 Å². The summed E-state index contributed by atoms with van der Waals surface area (Å²) in [6.07, 6.45) is 2.27. The molecule has 1 unspecified atom stereocenters. The van der Waals surface area contributed by atoms with Gasteiger partial charge in [-0.1, -0.05) is 29.8 Å². The fourth-order valence-electron chi connectivity index (χ4n) is 2.83. The number of nitrogens with one attached hydrogen (secondary N) is 2. The first-order valence-electron chi connectivity index (χ1n) is 8.16. The monoisotopic (exact) mass is 347 g/mol. The first-order chi connectivity index (χ1) is 11.5. The molecule has 3 rings (SSSR count). The van der Waals surface area contributed by atoms with Gasteiger partial charge >= 0.3 is 0 Å². The Bertz CT molecular complexity index is 729. The van der Waals surface area contributed by atoms with Gasteiger partial charge in [-0.15, -0.1) is 0 Å². The Balaban J connectivity index is 1.62. The third kappa shape index (κ3) is 4.56. The molecular weight excluding hydrogens is 327 g/mol. The normalized spacial score (nSPS) is 15.1. The molecule has 0 aliphatic heterocycles. The van der Waals surface area contributed by atoms with Crippen molar-refractivity contribution in [2.45, 2.75) is 32.4 Å². The number of amides is 1. The molecule has 2 N–H and O–H groups in total. The van der Waals surface area contributed by atoms with Crippen molar-refractivity contribution in [3.8, 4) is 0 Å². The molecule has 126 valence electrons. The quantitative estimate of drug-likeness (QED) is 0.827. The van der Waals surface area contributed by atoms with Crippen LogP contribution in [0.3, 0.4) is 0 Å². The SMILES string of the molecule is Cc1ccc(NC(=O)C[NH+](Cc2ccc(F)cc2)C2CC2)c(Cl)c1. The Kier molecular flexibility index (Phi) is 5.17. The molecule has 1 atom stereocenters. The van der Waals surface area contributed by atoms with Crippen LogP contribution >= 0.6 is 11.6 Å². The van der Waals surface area contributed by atoms with Crippen molar-refractivity contribution < 1.29 is 14.1 Å². The fraction of sp³-hybridized carbons (Fsp3) is 0.316. The van der Waals surface area contributed by atoms with E-state index in [2.05, 4.69) is 5.32 Å². The van der Waals surface area contributed by atoms with E-state index in [4.69, 9.17) is 11.6 Å². The topological polar surface area (TPSA) is 33.5 Å². The van der Waals surface area contributed by atoms with Crippen LogP contribution in [-0.4, -0.2) is 18.5 Å². The van der Waals surface area contributed by atoms with E-state index in [0.717, 1.165) is 30.5 Å². The van der Waals surface area contributed by atoms with Crippen LogP contribution < -0.4 is 10.2 Å². The summed E-state index contributed by atoms with van der Waals surface area (Å²) < 4.78 is 13.0. The molecule has 1 aliphatic rings. The van der Waals surface area contributed by atoms with Gasteiger partial charge in [0.15, 0.2) is 6.54 Å². The van der Waals surface area contributed by atoms with Crippen molar-refractivity contribution in [1.29, 1.82) is 0 Å². The van der Waals surface area contributed by atoms with E-state index in [-0.39, 0.29) is 11.7 Å². The number of hydrogen-bond donors (Lipinski definition) is 2. The van der Waals surface area contributed by atoms with Gasteiger partial charge in [-0.05, 0) is 36.8 Å². The molecule has 0 saturated heterocycles. The third-order valence-corrected chi connectivity index (χ3v) is 4.60. The third-order valence-electron chi connectivity index (χ3n) is 4.29. The number of carbonyl (C=O) groups is 1. The zero-order valence-corrected chi connectivity index (χ0v) is 14.4. The second kappa shape index (κ2) is 7.32. The lowest BCUT2D eigenvalue weighted by Crippen LogP contribution is -3.13. The van der Waals surface area contributed by atoms with Gasteiger partial charge in [0.2, 0.25) is 0 Å². The molecule has 1 saturated carbocycles. The minimum Gasteiger partial charge on any atom is -0.321 e. The minimum atomic E-state index is -0.238. The second-order valence-electron chi connectivity index (χ2n) is 6.44. The lowest BCUT2D eigenvalue weighted by molar-refractivity contribution is -0.916. The summed E-state index contributed by atoms with van der Waals surface area (Å²) in [6.45, 7) is 3.06. The standard InChI is InChI=1S/C19H20ClFN2O/c1-13-2-9-18(17(20)10-13)22-19(24)12-23(16-7-8-16)11-14-3-5-15(21)6-4-14/h2-6,9-10,16H,7-8,11-12H2,1H3,(H,22,24)/p+1. The largest absolute Gasteiger partial charge is 0.321 e. The van der Waals surface area contributed by atoms with E-state index in [0.29, 0.717) is 23.3 Å². The van der Waals surface area contributed by atoms with E-state index < -0.39 is 0 Å². The lowest BCUT2D eigenvalue weighted by Gasteiger charge is -2.19. The van der Waals surface area contributed by atoms with Crippen molar-refractivity contribution in [3.63, 3.8) is 0 Å². The number of halogens is 2. The van der Waals surface area contributed by atoms with Gasteiger partial charge in [0.25, 0.3) is 5.91 Å². The number of anilines is 1. The molecular formula is C19H21ClFN2O+. The summed E-state index contributed by atoms with van der Waals surface area (Å²) in [4.78, 5) is 13.6. The average molecular weight is 348 g/mol. The van der Waals surface area contributed by atoms with Crippen LogP contribution in [-0.2, 0) is 11.3 Å². The molecule has 0 radical (unpaired) electrons. The van der Waals surface area contributed by atoms with Crippen LogP contribution in [0.4, 0.5) is 10.1 Å². The summed E-state index contributed by atoms with van der Waals surface area (Å²) in [5.74, 6) is -0.289. The van der Waals surface area contributed by atoms with Crippen LogP contribution in [0.5, 0.6) is 0 Å². The Morgan fingerprint density at radius 3 is 2.58 bits per heavy atom. The number of rotatable bonds is 6. The Labute approximate surface area is 146 Å². The molecule has 24 heavy (non-hydrogen) atoms. The van der Waals surface area contributed by atoms with Crippen molar-refractivity contribution in [2.24, 2.45) is 0 Å². The van der Waals surface area contributed by atoms with E-state index in [9.17, 15) is 9.18 Å².